The molecule has 0 saturated heterocycles. The highest BCUT2D eigenvalue weighted by Crippen LogP contribution is 2.66. The van der Waals surface area contributed by atoms with Crippen molar-refractivity contribution in [3.05, 3.63) is 11.6 Å². The van der Waals surface area contributed by atoms with Gasteiger partial charge in [0.25, 0.3) is 0 Å². The van der Waals surface area contributed by atoms with Crippen LogP contribution in [0.5, 0.6) is 0 Å². The van der Waals surface area contributed by atoms with Gasteiger partial charge >= 0.3 is 5.97 Å². The van der Waals surface area contributed by atoms with E-state index in [1.54, 1.807) is 5.57 Å². The molecule has 0 aromatic heterocycles. The number of carbonyl (C=O) groups excluding carboxylic acids is 1. The fraction of sp³-hybridized carbons (Fsp3) is 0.903. The van der Waals surface area contributed by atoms with Crippen molar-refractivity contribution in [3.63, 3.8) is 0 Å². The Bertz CT molecular complexity index is 731. The third-order valence-electron chi connectivity index (χ3n) is 11.1. The summed E-state index contributed by atoms with van der Waals surface area (Å²) in [7, 11) is 0. The van der Waals surface area contributed by atoms with E-state index in [1.807, 2.05) is 6.92 Å². The quantitative estimate of drug-likeness (QED) is 0.121. The molecule has 3 heteroatoms. The lowest BCUT2D eigenvalue weighted by atomic mass is 9.47. The molecule has 4 rings (SSSR count). The Morgan fingerprint density at radius 3 is 2.56 bits per heavy atom. The van der Waals surface area contributed by atoms with Gasteiger partial charge in [-0.1, -0.05) is 93.8 Å². The number of fused-ring (bicyclic) bond motifs is 5. The first-order valence-electron chi connectivity index (χ1n) is 14.9. The van der Waals surface area contributed by atoms with Gasteiger partial charge in [-0.3, -0.25) is 4.79 Å². The van der Waals surface area contributed by atoms with Crippen molar-refractivity contribution in [3.8, 4) is 0 Å². The van der Waals surface area contributed by atoms with E-state index in [0.717, 1.165) is 42.9 Å². The van der Waals surface area contributed by atoms with Gasteiger partial charge in [0, 0.05) is 6.42 Å². The molecule has 4 aliphatic rings. The largest absolute Gasteiger partial charge is 0.461 e. The number of carbonyl (C=O) groups is 1. The van der Waals surface area contributed by atoms with Crippen molar-refractivity contribution >= 4 is 21.9 Å². The summed E-state index contributed by atoms with van der Waals surface area (Å²) in [6.07, 6.45) is 23.8. The highest BCUT2D eigenvalue weighted by atomic mass is 79.9. The highest BCUT2D eigenvalue weighted by molar-refractivity contribution is 9.10. The number of rotatable bonds is 10. The number of ether oxygens (including phenoxy) is 1. The van der Waals surface area contributed by atoms with Gasteiger partial charge in [0.1, 0.15) is 10.9 Å². The number of alkyl halides is 1. The number of hydrogen-bond acceptors (Lipinski definition) is 2. The minimum absolute atomic E-state index is 0.0683. The van der Waals surface area contributed by atoms with Gasteiger partial charge in [-0.2, -0.15) is 0 Å². The lowest BCUT2D eigenvalue weighted by molar-refractivity contribution is -0.150. The van der Waals surface area contributed by atoms with E-state index in [0.29, 0.717) is 10.8 Å². The summed E-state index contributed by atoms with van der Waals surface area (Å²) in [4.78, 5) is 12.2. The maximum Gasteiger partial charge on any atom is 0.319 e. The van der Waals surface area contributed by atoms with Crippen LogP contribution in [0.1, 0.15) is 130 Å². The van der Waals surface area contributed by atoms with Crippen LogP contribution in [0.25, 0.3) is 0 Å². The van der Waals surface area contributed by atoms with E-state index in [4.69, 9.17) is 4.74 Å². The first-order valence-corrected chi connectivity index (χ1v) is 15.8. The van der Waals surface area contributed by atoms with Gasteiger partial charge in [-0.15, -0.1) is 0 Å². The van der Waals surface area contributed by atoms with Crippen LogP contribution < -0.4 is 0 Å². The average Bonchev–Trinajstić information content (AvgIpc) is 3.17. The van der Waals surface area contributed by atoms with Gasteiger partial charge < -0.3 is 4.74 Å². The molecule has 3 saturated carbocycles. The molecule has 34 heavy (non-hydrogen) atoms. The molecule has 3 fully saturated rings. The monoisotopic (exact) mass is 534 g/mol. The molecule has 0 N–H and O–H groups in total. The van der Waals surface area contributed by atoms with Gasteiger partial charge in [0.05, 0.1) is 0 Å². The van der Waals surface area contributed by atoms with Crippen LogP contribution in [0.2, 0.25) is 0 Å². The van der Waals surface area contributed by atoms with E-state index in [2.05, 4.69) is 42.8 Å². The predicted molar refractivity (Wildman–Crippen MR) is 146 cm³/mol. The summed E-state index contributed by atoms with van der Waals surface area (Å²) in [6.45, 7) is 9.59. The van der Waals surface area contributed by atoms with Crippen LogP contribution in [-0.2, 0) is 9.53 Å². The van der Waals surface area contributed by atoms with Crippen LogP contribution in [0.3, 0.4) is 0 Å². The number of halogens is 1. The van der Waals surface area contributed by atoms with Crippen LogP contribution in [0.4, 0.5) is 0 Å². The second-order valence-corrected chi connectivity index (χ2v) is 13.9. The van der Waals surface area contributed by atoms with Crippen molar-refractivity contribution in [2.75, 3.05) is 0 Å². The first kappa shape index (κ1) is 26.7. The zero-order chi connectivity index (χ0) is 24.3. The fourth-order valence-corrected chi connectivity index (χ4v) is 8.99. The Kier molecular flexibility index (Phi) is 8.96. The van der Waals surface area contributed by atoms with Gasteiger partial charge in [0.15, 0.2) is 0 Å². The predicted octanol–water partition coefficient (Wildman–Crippen LogP) is 9.40. The van der Waals surface area contributed by atoms with Crippen molar-refractivity contribution < 1.29 is 9.53 Å². The standard InChI is InChI=1S/C31H51BrO2/c1-5-7-8-9-10-11-12-22-14-16-26-25-15-13-23-21-24(34-29(33)28(32)6-2)17-19-31(23,4)27(25)18-20-30(22,26)3/h13,22,24-28H,5-12,14-21H2,1-4H3/t22-,24+,25+,26-,27+,28+,30-,31+/m1/s1. The summed E-state index contributed by atoms with van der Waals surface area (Å²) in [5.41, 5.74) is 2.54. The van der Waals surface area contributed by atoms with E-state index in [1.165, 1.54) is 83.5 Å². The van der Waals surface area contributed by atoms with E-state index in [9.17, 15) is 4.79 Å². The van der Waals surface area contributed by atoms with Crippen molar-refractivity contribution in [1.29, 1.82) is 0 Å². The van der Waals surface area contributed by atoms with Gasteiger partial charge in [-0.25, -0.2) is 0 Å². The van der Waals surface area contributed by atoms with Crippen molar-refractivity contribution in [1.82, 2.24) is 0 Å². The summed E-state index contributed by atoms with van der Waals surface area (Å²) < 4.78 is 5.92. The van der Waals surface area contributed by atoms with Gasteiger partial charge in [0.2, 0.25) is 0 Å². The molecule has 194 valence electrons. The molecule has 0 heterocycles. The lowest BCUT2D eigenvalue weighted by Gasteiger charge is -2.58. The van der Waals surface area contributed by atoms with Crippen LogP contribution in [0.15, 0.2) is 11.6 Å². The van der Waals surface area contributed by atoms with Gasteiger partial charge in [-0.05, 0) is 92.3 Å². The number of unbranched alkanes of at least 4 members (excludes halogenated alkanes) is 5. The van der Waals surface area contributed by atoms with E-state index >= 15 is 0 Å². The number of allylic oxidation sites excluding steroid dienone is 1. The SMILES string of the molecule is CCCCCCCC[C@@H]1CC[C@@H]2[C@@H]3CC=C4C[C@@H](OC(=O)[C@@H](Br)CC)CC[C@]4(C)[C@H]3CC[C@]12C. The molecule has 0 bridgehead atoms. The molecule has 2 nitrogen and oxygen atoms in total. The summed E-state index contributed by atoms with van der Waals surface area (Å²) >= 11 is 3.47. The van der Waals surface area contributed by atoms with Crippen LogP contribution in [0, 0.1) is 34.5 Å². The minimum atomic E-state index is -0.159. The Labute approximate surface area is 218 Å². The molecule has 0 spiro atoms. The molecule has 0 radical (unpaired) electrons. The zero-order valence-electron chi connectivity index (χ0n) is 22.5. The smallest absolute Gasteiger partial charge is 0.319 e. The van der Waals surface area contributed by atoms with E-state index < -0.39 is 0 Å². The Balaban J connectivity index is 1.37. The number of esters is 1. The summed E-state index contributed by atoms with van der Waals surface area (Å²) in [5.74, 6) is 3.55. The molecule has 0 aromatic carbocycles. The van der Waals surface area contributed by atoms with Crippen LogP contribution >= 0.6 is 15.9 Å². The zero-order valence-corrected chi connectivity index (χ0v) is 24.1. The van der Waals surface area contributed by atoms with Crippen molar-refractivity contribution in [2.24, 2.45) is 34.5 Å². The molecule has 8 atom stereocenters. The third kappa shape index (κ3) is 5.21. The molecular weight excluding hydrogens is 484 g/mol. The normalized spacial score (nSPS) is 40.0. The Hall–Kier alpha value is -0.310. The second-order valence-electron chi connectivity index (χ2n) is 12.8. The Morgan fingerprint density at radius 2 is 1.79 bits per heavy atom. The molecule has 4 aliphatic carbocycles. The number of hydrogen-bond donors (Lipinski definition) is 0. The summed E-state index contributed by atoms with van der Waals surface area (Å²) in [5, 5.41) is 0. The minimum Gasteiger partial charge on any atom is -0.461 e. The molecular formula is C31H51BrO2. The molecule has 0 unspecified atom stereocenters. The lowest BCUT2D eigenvalue weighted by Crippen LogP contribution is -2.50. The Morgan fingerprint density at radius 1 is 1.03 bits per heavy atom. The molecule has 0 aliphatic heterocycles. The maximum atomic E-state index is 12.4. The summed E-state index contributed by atoms with van der Waals surface area (Å²) in [6, 6.07) is 0. The van der Waals surface area contributed by atoms with Crippen LogP contribution in [-0.4, -0.2) is 16.9 Å². The first-order chi connectivity index (χ1) is 16.3. The molecule has 0 amide bonds. The topological polar surface area (TPSA) is 26.3 Å². The second kappa shape index (κ2) is 11.4. The fourth-order valence-electron chi connectivity index (χ4n) is 8.89. The maximum absolute atomic E-state index is 12.4. The third-order valence-corrected chi connectivity index (χ3v) is 12.1. The highest BCUT2D eigenvalue weighted by Gasteiger charge is 2.58. The molecule has 0 aromatic rings. The average molecular weight is 536 g/mol. The van der Waals surface area contributed by atoms with E-state index in [-0.39, 0.29) is 16.9 Å². The van der Waals surface area contributed by atoms with Crippen molar-refractivity contribution in [2.45, 2.75) is 141 Å².